The van der Waals surface area contributed by atoms with Gasteiger partial charge in [-0.3, -0.25) is 4.79 Å². The van der Waals surface area contributed by atoms with Crippen LogP contribution in [0.4, 0.5) is 0 Å². The molecule has 0 aliphatic rings. The Morgan fingerprint density at radius 2 is 2.42 bits per heavy atom. The molecule has 0 spiro atoms. The molecule has 0 aromatic carbocycles. The van der Waals surface area contributed by atoms with Crippen LogP contribution in [0.1, 0.15) is 19.2 Å². The molecule has 1 amide bonds. The third-order valence-corrected chi connectivity index (χ3v) is 2.54. The molecule has 2 aromatic heterocycles. The second kappa shape index (κ2) is 6.14. The minimum absolute atomic E-state index is 0.0335. The number of amides is 1. The van der Waals surface area contributed by atoms with Gasteiger partial charge in [0.1, 0.15) is 0 Å². The van der Waals surface area contributed by atoms with Crippen LogP contribution in [0.3, 0.4) is 0 Å². The van der Waals surface area contributed by atoms with Gasteiger partial charge in [0.2, 0.25) is 17.6 Å². The number of nitrogens with zero attached hydrogens (tertiary/aromatic N) is 2. The molecule has 102 valence electrons. The first-order valence-corrected chi connectivity index (χ1v) is 6.05. The van der Waals surface area contributed by atoms with Crippen LogP contribution in [-0.2, 0) is 11.2 Å². The topological polar surface area (TPSA) is 107 Å². The van der Waals surface area contributed by atoms with Crippen molar-refractivity contribution in [3.8, 4) is 11.6 Å². The third kappa shape index (κ3) is 3.65. The van der Waals surface area contributed by atoms with Gasteiger partial charge in [-0.2, -0.15) is 4.98 Å². The molecule has 0 saturated carbocycles. The van der Waals surface area contributed by atoms with Crippen molar-refractivity contribution in [1.82, 2.24) is 15.5 Å². The summed E-state index contributed by atoms with van der Waals surface area (Å²) in [6.07, 6.45) is 2.20. The lowest BCUT2D eigenvalue weighted by Crippen LogP contribution is -2.37. The van der Waals surface area contributed by atoms with E-state index in [-0.39, 0.29) is 18.4 Å². The maximum absolute atomic E-state index is 11.5. The number of hydrogen-bond donors (Lipinski definition) is 2. The van der Waals surface area contributed by atoms with Gasteiger partial charge in [0.25, 0.3) is 0 Å². The van der Waals surface area contributed by atoms with E-state index in [1.807, 2.05) is 6.92 Å². The van der Waals surface area contributed by atoms with Crippen molar-refractivity contribution in [1.29, 1.82) is 0 Å². The number of hydrogen-bond acceptors (Lipinski definition) is 6. The number of aromatic nitrogens is 2. The highest BCUT2D eigenvalue weighted by Gasteiger charge is 2.12. The Hall–Kier alpha value is -2.15. The van der Waals surface area contributed by atoms with Crippen LogP contribution in [0.25, 0.3) is 11.6 Å². The molecule has 0 unspecified atom stereocenters. The molecule has 2 rings (SSSR count). The summed E-state index contributed by atoms with van der Waals surface area (Å²) >= 11 is 0. The summed E-state index contributed by atoms with van der Waals surface area (Å²) in [4.78, 5) is 15.7. The number of nitrogens with two attached hydrogens (primary N) is 1. The molecule has 0 bridgehead atoms. The van der Waals surface area contributed by atoms with E-state index in [9.17, 15) is 4.79 Å². The van der Waals surface area contributed by atoms with Gasteiger partial charge in [-0.15, -0.1) is 0 Å². The average molecular weight is 264 g/mol. The van der Waals surface area contributed by atoms with Crippen molar-refractivity contribution in [3.05, 3.63) is 24.3 Å². The molecular formula is C12H16N4O3. The minimum Gasteiger partial charge on any atom is -0.461 e. The highest BCUT2D eigenvalue weighted by Crippen LogP contribution is 2.16. The first kappa shape index (κ1) is 13.3. The van der Waals surface area contributed by atoms with Gasteiger partial charge in [0.05, 0.1) is 6.26 Å². The normalized spacial score (nSPS) is 12.3. The van der Waals surface area contributed by atoms with Crippen molar-refractivity contribution in [2.24, 2.45) is 5.73 Å². The Balaban J connectivity index is 1.85. The van der Waals surface area contributed by atoms with Gasteiger partial charge in [0, 0.05) is 25.4 Å². The Morgan fingerprint density at radius 1 is 1.58 bits per heavy atom. The van der Waals surface area contributed by atoms with E-state index in [0.717, 1.165) is 0 Å². The molecule has 7 nitrogen and oxygen atoms in total. The van der Waals surface area contributed by atoms with Gasteiger partial charge >= 0.3 is 0 Å². The van der Waals surface area contributed by atoms with Crippen LogP contribution in [0.5, 0.6) is 0 Å². The standard InChI is InChI=1S/C12H16N4O3/c1-8(7-13)14-10(17)4-5-11-15-12(16-19-11)9-3-2-6-18-9/h2-3,6,8H,4-5,7,13H2,1H3,(H,14,17)/t8-/m0/s1. The number of furan rings is 1. The lowest BCUT2D eigenvalue weighted by atomic mass is 10.2. The minimum atomic E-state index is -0.0873. The predicted molar refractivity (Wildman–Crippen MR) is 67.0 cm³/mol. The summed E-state index contributed by atoms with van der Waals surface area (Å²) < 4.78 is 10.2. The predicted octanol–water partition coefficient (Wildman–Crippen LogP) is 0.726. The number of rotatable bonds is 6. The van der Waals surface area contributed by atoms with Crippen LogP contribution in [0.2, 0.25) is 0 Å². The number of aryl methyl sites for hydroxylation is 1. The zero-order valence-corrected chi connectivity index (χ0v) is 10.6. The molecule has 3 N–H and O–H groups in total. The van der Waals surface area contributed by atoms with Crippen LogP contribution in [-0.4, -0.2) is 28.6 Å². The zero-order valence-electron chi connectivity index (χ0n) is 10.6. The summed E-state index contributed by atoms with van der Waals surface area (Å²) in [5, 5.41) is 6.54. The summed E-state index contributed by atoms with van der Waals surface area (Å²) in [6, 6.07) is 3.45. The first-order valence-electron chi connectivity index (χ1n) is 6.05. The van der Waals surface area contributed by atoms with Gasteiger partial charge in [-0.1, -0.05) is 5.16 Å². The third-order valence-electron chi connectivity index (χ3n) is 2.54. The molecular weight excluding hydrogens is 248 g/mol. The summed E-state index contributed by atoms with van der Waals surface area (Å²) in [6.45, 7) is 2.26. The maximum Gasteiger partial charge on any atom is 0.238 e. The summed E-state index contributed by atoms with van der Waals surface area (Å²) in [5.74, 6) is 1.24. The Morgan fingerprint density at radius 3 is 3.11 bits per heavy atom. The first-order chi connectivity index (χ1) is 9.19. The number of nitrogens with one attached hydrogen (secondary N) is 1. The average Bonchev–Trinajstić information content (AvgIpc) is 3.06. The fourth-order valence-electron chi connectivity index (χ4n) is 1.49. The molecule has 1 atom stereocenters. The van der Waals surface area contributed by atoms with Crippen LogP contribution in [0, 0.1) is 0 Å². The van der Waals surface area contributed by atoms with Crippen molar-refractivity contribution in [2.75, 3.05) is 6.54 Å². The van der Waals surface area contributed by atoms with Gasteiger partial charge in [0.15, 0.2) is 5.76 Å². The lowest BCUT2D eigenvalue weighted by molar-refractivity contribution is -0.121. The van der Waals surface area contributed by atoms with Crippen molar-refractivity contribution >= 4 is 5.91 Å². The van der Waals surface area contributed by atoms with E-state index in [1.165, 1.54) is 6.26 Å². The largest absolute Gasteiger partial charge is 0.461 e. The van der Waals surface area contributed by atoms with Gasteiger partial charge < -0.3 is 20.0 Å². The van der Waals surface area contributed by atoms with Crippen LogP contribution < -0.4 is 11.1 Å². The highest BCUT2D eigenvalue weighted by atomic mass is 16.5. The van der Waals surface area contributed by atoms with Crippen molar-refractivity contribution in [2.45, 2.75) is 25.8 Å². The summed E-state index contributed by atoms with van der Waals surface area (Å²) in [7, 11) is 0. The molecule has 0 saturated heterocycles. The smallest absolute Gasteiger partial charge is 0.238 e. The van der Waals surface area contributed by atoms with E-state index in [4.69, 9.17) is 14.7 Å². The van der Waals surface area contributed by atoms with Crippen LogP contribution >= 0.6 is 0 Å². The fraction of sp³-hybridized carbons (Fsp3) is 0.417. The van der Waals surface area contributed by atoms with E-state index in [0.29, 0.717) is 30.4 Å². The molecule has 0 fully saturated rings. The molecule has 0 aliphatic carbocycles. The lowest BCUT2D eigenvalue weighted by Gasteiger charge is -2.09. The fourth-order valence-corrected chi connectivity index (χ4v) is 1.49. The Bertz CT molecular complexity index is 521. The van der Waals surface area contributed by atoms with Crippen molar-refractivity contribution < 1.29 is 13.7 Å². The SMILES string of the molecule is C[C@@H](CN)NC(=O)CCc1nc(-c2ccco2)no1. The van der Waals surface area contributed by atoms with E-state index >= 15 is 0 Å². The zero-order chi connectivity index (χ0) is 13.7. The van der Waals surface area contributed by atoms with Gasteiger partial charge in [-0.25, -0.2) is 0 Å². The second-order valence-corrected chi connectivity index (χ2v) is 4.19. The van der Waals surface area contributed by atoms with Gasteiger partial charge in [-0.05, 0) is 19.1 Å². The highest BCUT2D eigenvalue weighted by molar-refractivity contribution is 5.76. The number of carbonyl (C=O) groups excluding carboxylic acids is 1. The van der Waals surface area contributed by atoms with Crippen LogP contribution in [0.15, 0.2) is 27.3 Å². The molecule has 7 heteroatoms. The quantitative estimate of drug-likeness (QED) is 0.796. The maximum atomic E-state index is 11.5. The summed E-state index contributed by atoms with van der Waals surface area (Å²) in [5.41, 5.74) is 5.42. The molecule has 2 aromatic rings. The van der Waals surface area contributed by atoms with E-state index in [2.05, 4.69) is 15.5 Å². The molecule has 0 aliphatic heterocycles. The Kier molecular flexibility index (Phi) is 4.30. The molecule has 0 radical (unpaired) electrons. The molecule has 2 heterocycles. The van der Waals surface area contributed by atoms with E-state index in [1.54, 1.807) is 12.1 Å². The van der Waals surface area contributed by atoms with E-state index < -0.39 is 0 Å². The number of carbonyl (C=O) groups is 1. The second-order valence-electron chi connectivity index (χ2n) is 4.19. The Labute approximate surface area is 110 Å². The molecule has 19 heavy (non-hydrogen) atoms. The monoisotopic (exact) mass is 264 g/mol. The van der Waals surface area contributed by atoms with Crippen molar-refractivity contribution in [3.63, 3.8) is 0 Å².